The first-order valence-electron chi connectivity index (χ1n) is 7.85. The minimum atomic E-state index is 0. The quantitative estimate of drug-likeness (QED) is 0.353. The number of nitrogens with zero attached hydrogens (tertiary/aromatic N) is 2. The molecular weight excluding hydrogens is 372 g/mol. The van der Waals surface area contributed by atoms with Crippen molar-refractivity contribution in [1.29, 1.82) is 0 Å². The Bertz CT molecular complexity index is 1080. The second-order valence-corrected chi connectivity index (χ2v) is 5.91. The summed E-state index contributed by atoms with van der Waals surface area (Å²) in [5.41, 5.74) is 7.86. The molecule has 4 nitrogen and oxygen atoms in total. The van der Waals surface area contributed by atoms with Crippen molar-refractivity contribution in [2.24, 2.45) is 0 Å². The molecule has 0 fully saturated rings. The summed E-state index contributed by atoms with van der Waals surface area (Å²) in [5.74, 6) is 0. The number of hydrogen-bond acceptors (Lipinski definition) is 2. The van der Waals surface area contributed by atoms with Crippen molar-refractivity contribution in [1.82, 2.24) is 19.9 Å². The topological polar surface area (TPSA) is 57.4 Å². The third-order valence-electron chi connectivity index (χ3n) is 4.04. The van der Waals surface area contributed by atoms with Gasteiger partial charge in [-0.2, -0.15) is 0 Å². The summed E-state index contributed by atoms with van der Waals surface area (Å²) in [4.78, 5) is 16.0. The van der Waals surface area contributed by atoms with Gasteiger partial charge in [-0.25, -0.2) is 9.97 Å². The van der Waals surface area contributed by atoms with E-state index in [1.807, 2.05) is 42.5 Å². The van der Waals surface area contributed by atoms with Gasteiger partial charge in [-0.05, 0) is 72.8 Å². The largest absolute Gasteiger partial charge is 0.355 e. The van der Waals surface area contributed by atoms with Crippen molar-refractivity contribution in [3.63, 3.8) is 0 Å². The third-order valence-corrected chi connectivity index (χ3v) is 4.04. The van der Waals surface area contributed by atoms with Crippen molar-refractivity contribution in [3.8, 4) is 0 Å². The van der Waals surface area contributed by atoms with Crippen LogP contribution in [0.5, 0.6) is 0 Å². The van der Waals surface area contributed by atoms with Gasteiger partial charge in [0.05, 0.1) is 22.8 Å². The Kier molecular flexibility index (Phi) is 4.94. The minimum Gasteiger partial charge on any atom is -0.355 e. The molecular formula is C21H18CuN4. The molecule has 2 N–H and O–H groups in total. The van der Waals surface area contributed by atoms with Crippen LogP contribution >= 0.6 is 0 Å². The molecule has 26 heavy (non-hydrogen) atoms. The van der Waals surface area contributed by atoms with Crippen LogP contribution < -0.4 is 0 Å². The molecule has 8 bridgehead atoms. The minimum absolute atomic E-state index is 0. The third kappa shape index (κ3) is 3.54. The zero-order valence-electron chi connectivity index (χ0n) is 13.1. The maximum absolute atomic E-state index is 4.62. The van der Waals surface area contributed by atoms with Crippen LogP contribution in [0.25, 0.3) is 46.4 Å². The molecule has 3 aromatic rings. The molecule has 0 saturated heterocycles. The molecule has 0 amide bonds. The summed E-state index contributed by atoms with van der Waals surface area (Å²) >= 11 is 0. The van der Waals surface area contributed by atoms with Crippen molar-refractivity contribution in [3.05, 3.63) is 71.3 Å². The Hall–Kier alpha value is -2.88. The van der Waals surface area contributed by atoms with Crippen molar-refractivity contribution in [2.45, 2.75) is 7.43 Å². The summed E-state index contributed by atoms with van der Waals surface area (Å²) in [6, 6.07) is 16.4. The van der Waals surface area contributed by atoms with Gasteiger partial charge >= 0.3 is 0 Å². The molecule has 5 rings (SSSR count). The Morgan fingerprint density at radius 3 is 1.27 bits per heavy atom. The molecule has 1 radical (unpaired) electrons. The Balaban J connectivity index is 0.000000980. The van der Waals surface area contributed by atoms with Gasteiger partial charge in [-0.3, -0.25) is 0 Å². The maximum Gasteiger partial charge on any atom is 0.0659 e. The molecule has 0 unspecified atom stereocenters. The second-order valence-electron chi connectivity index (χ2n) is 5.91. The number of aromatic amines is 2. The fourth-order valence-electron chi connectivity index (χ4n) is 2.94. The zero-order chi connectivity index (χ0) is 15.9. The van der Waals surface area contributed by atoms with Crippen LogP contribution in [-0.2, 0) is 17.1 Å². The number of rotatable bonds is 0. The van der Waals surface area contributed by atoms with Gasteiger partial charge in [0.2, 0.25) is 0 Å². The van der Waals surface area contributed by atoms with E-state index >= 15 is 0 Å². The molecule has 0 aromatic carbocycles. The zero-order valence-corrected chi connectivity index (χ0v) is 14.1. The summed E-state index contributed by atoms with van der Waals surface area (Å²) in [6.07, 6.45) is 8.05. The van der Waals surface area contributed by atoms with E-state index in [-0.39, 0.29) is 24.5 Å². The maximum atomic E-state index is 4.62. The van der Waals surface area contributed by atoms with Gasteiger partial charge < -0.3 is 9.97 Å². The van der Waals surface area contributed by atoms with Gasteiger partial charge in [-0.15, -0.1) is 0 Å². The van der Waals surface area contributed by atoms with E-state index in [4.69, 9.17) is 0 Å². The summed E-state index contributed by atoms with van der Waals surface area (Å²) in [5, 5.41) is 0. The fraction of sp³-hybridized carbons (Fsp3) is 0.0476. The number of nitrogens with one attached hydrogen (secondary N) is 2. The summed E-state index contributed by atoms with van der Waals surface area (Å²) in [6.45, 7) is 0. The van der Waals surface area contributed by atoms with E-state index in [9.17, 15) is 0 Å². The van der Waals surface area contributed by atoms with Gasteiger partial charge in [0, 0.05) is 39.1 Å². The predicted molar refractivity (Wildman–Crippen MR) is 106 cm³/mol. The van der Waals surface area contributed by atoms with Crippen LogP contribution in [0, 0.1) is 0 Å². The van der Waals surface area contributed by atoms with Crippen LogP contribution in [0.15, 0.2) is 48.5 Å². The van der Waals surface area contributed by atoms with Crippen LogP contribution in [0.4, 0.5) is 0 Å². The van der Waals surface area contributed by atoms with E-state index in [0.717, 1.165) is 44.8 Å². The molecule has 133 valence electrons. The summed E-state index contributed by atoms with van der Waals surface area (Å²) < 4.78 is 0. The van der Waals surface area contributed by atoms with E-state index in [0.29, 0.717) is 0 Å². The number of aromatic nitrogens is 4. The second kappa shape index (κ2) is 7.16. The van der Waals surface area contributed by atoms with E-state index in [1.54, 1.807) is 0 Å². The van der Waals surface area contributed by atoms with Crippen LogP contribution in [-0.4, -0.2) is 19.9 Å². The Labute approximate surface area is 162 Å². The number of H-pyrrole nitrogens is 2. The van der Waals surface area contributed by atoms with E-state index in [2.05, 4.69) is 50.3 Å². The van der Waals surface area contributed by atoms with Gasteiger partial charge in [0.1, 0.15) is 0 Å². The standard InChI is InChI=1S/C20H14N4.CH4.Cu/c1-2-14-10-16-5-6-18(23-16)12-20-8-7-19(24-20)11-17-4-3-15(22-17)9-13(1)21-14;;/h1-12,21-22H;1H4;. The van der Waals surface area contributed by atoms with Crippen molar-refractivity contribution in [2.75, 3.05) is 0 Å². The van der Waals surface area contributed by atoms with Crippen LogP contribution in [0.1, 0.15) is 30.2 Å². The first-order valence-corrected chi connectivity index (χ1v) is 7.85. The van der Waals surface area contributed by atoms with Gasteiger partial charge in [0.25, 0.3) is 0 Å². The molecule has 5 heteroatoms. The summed E-state index contributed by atoms with van der Waals surface area (Å²) in [7, 11) is 0. The number of fused-ring (bicyclic) bond motifs is 8. The number of hydrogen-bond donors (Lipinski definition) is 2. The van der Waals surface area contributed by atoms with E-state index < -0.39 is 0 Å². The predicted octanol–water partition coefficient (Wildman–Crippen LogP) is 5.29. The molecule has 0 spiro atoms. The van der Waals surface area contributed by atoms with Gasteiger partial charge in [0.15, 0.2) is 0 Å². The van der Waals surface area contributed by atoms with Crippen LogP contribution in [0.2, 0.25) is 0 Å². The van der Waals surface area contributed by atoms with Crippen molar-refractivity contribution < 1.29 is 17.1 Å². The monoisotopic (exact) mass is 389 g/mol. The molecule has 3 aromatic heterocycles. The molecule has 0 saturated carbocycles. The van der Waals surface area contributed by atoms with Crippen LogP contribution in [0.3, 0.4) is 0 Å². The smallest absolute Gasteiger partial charge is 0.0659 e. The van der Waals surface area contributed by atoms with E-state index in [1.165, 1.54) is 0 Å². The molecule has 5 heterocycles. The average Bonchev–Trinajstić information content (AvgIpc) is 3.32. The Morgan fingerprint density at radius 2 is 0.846 bits per heavy atom. The average molecular weight is 390 g/mol. The molecule has 0 aliphatic carbocycles. The SMILES string of the molecule is C.C1=Cc2cc3ccc(cc4ccc(cc5nc(cc1n2)C=C5)[nH]4)[nH]3.[Cu]. The van der Waals surface area contributed by atoms with Crippen molar-refractivity contribution >= 4 is 46.4 Å². The Morgan fingerprint density at radius 1 is 0.500 bits per heavy atom. The molecule has 2 aliphatic rings. The fourth-order valence-corrected chi connectivity index (χ4v) is 2.94. The first-order chi connectivity index (χ1) is 11.8. The normalized spacial score (nSPS) is 11.7. The van der Waals surface area contributed by atoms with Gasteiger partial charge in [-0.1, -0.05) is 7.43 Å². The molecule has 0 atom stereocenters. The molecule has 2 aliphatic heterocycles. The first kappa shape index (κ1) is 17.9.